The van der Waals surface area contributed by atoms with Crippen molar-refractivity contribution in [2.75, 3.05) is 13.2 Å². The molecule has 0 atom stereocenters. The number of thiophene rings is 1. The van der Waals surface area contributed by atoms with Crippen LogP contribution in [0.15, 0.2) is 29.6 Å². The lowest BCUT2D eigenvalue weighted by Crippen LogP contribution is -2.23. The number of amides is 1. The third-order valence-electron chi connectivity index (χ3n) is 3.34. The first kappa shape index (κ1) is 13.9. The van der Waals surface area contributed by atoms with E-state index in [9.17, 15) is 4.79 Å². The largest absolute Gasteiger partial charge is 0.490 e. The fraction of sp³-hybridized carbons (Fsp3) is 0.312. The van der Waals surface area contributed by atoms with Gasteiger partial charge in [-0.15, -0.1) is 11.3 Å². The van der Waals surface area contributed by atoms with E-state index in [1.54, 1.807) is 17.4 Å². The van der Waals surface area contributed by atoms with E-state index in [1.807, 2.05) is 30.5 Å². The molecule has 0 fully saturated rings. The second-order valence-corrected chi connectivity index (χ2v) is 5.96. The number of carbonyl (C=O) groups excluding carboxylic acids is 1. The molecular weight excluding hydrogens is 286 g/mol. The molecule has 1 amide bonds. The molecule has 4 nitrogen and oxygen atoms in total. The average Bonchev–Trinajstić information content (AvgIpc) is 2.89. The summed E-state index contributed by atoms with van der Waals surface area (Å²) in [4.78, 5) is 13.5. The molecule has 0 aliphatic carbocycles. The molecule has 1 N–H and O–H groups in total. The Morgan fingerprint density at radius 2 is 2.05 bits per heavy atom. The zero-order valence-corrected chi connectivity index (χ0v) is 12.7. The van der Waals surface area contributed by atoms with Crippen LogP contribution in [0.5, 0.6) is 11.5 Å². The topological polar surface area (TPSA) is 47.6 Å². The molecule has 0 unspecified atom stereocenters. The van der Waals surface area contributed by atoms with E-state index < -0.39 is 0 Å². The summed E-state index contributed by atoms with van der Waals surface area (Å²) in [6, 6.07) is 7.64. The van der Waals surface area contributed by atoms with Gasteiger partial charge in [-0.05, 0) is 36.1 Å². The van der Waals surface area contributed by atoms with E-state index in [2.05, 4.69) is 5.32 Å². The maximum atomic E-state index is 12.3. The minimum absolute atomic E-state index is 0.0865. The van der Waals surface area contributed by atoms with Gasteiger partial charge < -0.3 is 14.8 Å². The zero-order valence-electron chi connectivity index (χ0n) is 11.8. The van der Waals surface area contributed by atoms with Crippen LogP contribution in [0.2, 0.25) is 0 Å². The van der Waals surface area contributed by atoms with E-state index in [-0.39, 0.29) is 5.91 Å². The van der Waals surface area contributed by atoms with Crippen molar-refractivity contribution >= 4 is 17.2 Å². The normalized spacial score (nSPS) is 13.6. The Balaban J connectivity index is 1.77. The van der Waals surface area contributed by atoms with Gasteiger partial charge in [0.25, 0.3) is 5.91 Å². The van der Waals surface area contributed by atoms with Gasteiger partial charge in [0.1, 0.15) is 0 Å². The molecule has 1 aliphatic heterocycles. The lowest BCUT2D eigenvalue weighted by molar-refractivity contribution is 0.0950. The van der Waals surface area contributed by atoms with Gasteiger partial charge >= 0.3 is 0 Å². The van der Waals surface area contributed by atoms with E-state index >= 15 is 0 Å². The SMILES string of the molecule is Cc1cc2c(cc1C(=O)NCc1cccs1)OCCCO2. The number of carbonyl (C=O) groups is 1. The summed E-state index contributed by atoms with van der Waals surface area (Å²) in [5.41, 5.74) is 1.53. The molecule has 1 aromatic carbocycles. The second-order valence-electron chi connectivity index (χ2n) is 4.93. The van der Waals surface area contributed by atoms with Gasteiger partial charge in [-0.25, -0.2) is 0 Å². The van der Waals surface area contributed by atoms with Crippen LogP contribution in [0, 0.1) is 6.92 Å². The van der Waals surface area contributed by atoms with Crippen molar-refractivity contribution in [1.82, 2.24) is 5.32 Å². The quantitative estimate of drug-likeness (QED) is 0.947. The molecule has 1 aliphatic rings. The van der Waals surface area contributed by atoms with Gasteiger partial charge in [0.2, 0.25) is 0 Å². The van der Waals surface area contributed by atoms with E-state index in [4.69, 9.17) is 9.47 Å². The first-order chi connectivity index (χ1) is 10.2. The zero-order chi connectivity index (χ0) is 14.7. The number of hydrogen-bond acceptors (Lipinski definition) is 4. The summed E-state index contributed by atoms with van der Waals surface area (Å²) < 4.78 is 11.3. The van der Waals surface area contributed by atoms with Crippen LogP contribution in [0.1, 0.15) is 27.2 Å². The summed E-state index contributed by atoms with van der Waals surface area (Å²) in [6.07, 6.45) is 0.855. The number of ether oxygens (including phenoxy) is 2. The van der Waals surface area contributed by atoms with E-state index in [1.165, 1.54) is 0 Å². The minimum atomic E-state index is -0.0865. The smallest absolute Gasteiger partial charge is 0.251 e. The lowest BCUT2D eigenvalue weighted by atomic mass is 10.1. The second kappa shape index (κ2) is 6.18. The molecule has 2 aromatic rings. The van der Waals surface area contributed by atoms with Crippen LogP contribution in [-0.4, -0.2) is 19.1 Å². The van der Waals surface area contributed by atoms with Crippen molar-refractivity contribution in [3.05, 3.63) is 45.6 Å². The Labute approximate surface area is 127 Å². The molecule has 21 heavy (non-hydrogen) atoms. The maximum Gasteiger partial charge on any atom is 0.251 e. The highest BCUT2D eigenvalue weighted by molar-refractivity contribution is 7.09. The van der Waals surface area contributed by atoms with Gasteiger partial charge in [-0.3, -0.25) is 4.79 Å². The van der Waals surface area contributed by atoms with Gasteiger partial charge in [0.05, 0.1) is 19.8 Å². The predicted molar refractivity (Wildman–Crippen MR) is 82.3 cm³/mol. The Morgan fingerprint density at radius 3 is 2.76 bits per heavy atom. The number of hydrogen-bond donors (Lipinski definition) is 1. The van der Waals surface area contributed by atoms with Gasteiger partial charge in [-0.2, -0.15) is 0 Å². The Hall–Kier alpha value is -2.01. The van der Waals surface area contributed by atoms with Crippen LogP contribution in [0.4, 0.5) is 0 Å². The average molecular weight is 303 g/mol. The number of nitrogens with one attached hydrogen (secondary N) is 1. The van der Waals surface area contributed by atoms with Crippen molar-refractivity contribution < 1.29 is 14.3 Å². The first-order valence-electron chi connectivity index (χ1n) is 6.95. The minimum Gasteiger partial charge on any atom is -0.490 e. The summed E-state index contributed by atoms with van der Waals surface area (Å²) in [7, 11) is 0. The van der Waals surface area contributed by atoms with Crippen molar-refractivity contribution in [1.29, 1.82) is 0 Å². The first-order valence-corrected chi connectivity index (χ1v) is 7.83. The maximum absolute atomic E-state index is 12.3. The Kier molecular flexibility index (Phi) is 4.10. The number of rotatable bonds is 3. The fourth-order valence-corrected chi connectivity index (χ4v) is 2.88. The van der Waals surface area contributed by atoms with Crippen molar-refractivity contribution in [2.24, 2.45) is 0 Å². The van der Waals surface area contributed by atoms with E-state index in [0.717, 1.165) is 22.6 Å². The molecular formula is C16H17NO3S. The van der Waals surface area contributed by atoms with Gasteiger partial charge in [-0.1, -0.05) is 6.07 Å². The number of fused-ring (bicyclic) bond motifs is 1. The molecule has 5 heteroatoms. The Bertz CT molecular complexity index is 637. The van der Waals surface area contributed by atoms with Crippen LogP contribution < -0.4 is 14.8 Å². The highest BCUT2D eigenvalue weighted by atomic mass is 32.1. The van der Waals surface area contributed by atoms with Crippen molar-refractivity contribution in [3.8, 4) is 11.5 Å². The monoisotopic (exact) mass is 303 g/mol. The van der Waals surface area contributed by atoms with Gasteiger partial charge in [0.15, 0.2) is 11.5 Å². The van der Waals surface area contributed by atoms with Crippen LogP contribution in [0.25, 0.3) is 0 Å². The summed E-state index contributed by atoms with van der Waals surface area (Å²) >= 11 is 1.63. The van der Waals surface area contributed by atoms with Crippen molar-refractivity contribution in [3.63, 3.8) is 0 Å². The van der Waals surface area contributed by atoms with Crippen LogP contribution >= 0.6 is 11.3 Å². The predicted octanol–water partition coefficient (Wildman–Crippen LogP) is 3.15. The highest BCUT2D eigenvalue weighted by Gasteiger charge is 2.17. The third kappa shape index (κ3) is 3.19. The lowest BCUT2D eigenvalue weighted by Gasteiger charge is -2.12. The fourth-order valence-electron chi connectivity index (χ4n) is 2.23. The third-order valence-corrected chi connectivity index (χ3v) is 4.22. The molecule has 110 valence electrons. The molecule has 0 spiro atoms. The Morgan fingerprint density at radius 1 is 1.29 bits per heavy atom. The standard InChI is InChI=1S/C16H17NO3S/c1-11-8-14-15(20-6-3-5-19-14)9-13(11)16(18)17-10-12-4-2-7-21-12/h2,4,7-9H,3,5-6,10H2,1H3,(H,17,18). The van der Waals surface area contributed by atoms with E-state index in [0.29, 0.717) is 31.1 Å². The van der Waals surface area contributed by atoms with Crippen LogP contribution in [-0.2, 0) is 6.54 Å². The van der Waals surface area contributed by atoms with Crippen molar-refractivity contribution in [2.45, 2.75) is 19.9 Å². The highest BCUT2D eigenvalue weighted by Crippen LogP contribution is 2.32. The number of benzene rings is 1. The summed E-state index contributed by atoms with van der Waals surface area (Å²) in [5.74, 6) is 1.29. The molecule has 1 aromatic heterocycles. The molecule has 0 radical (unpaired) electrons. The molecule has 0 saturated heterocycles. The molecule has 0 bridgehead atoms. The van der Waals surface area contributed by atoms with Gasteiger partial charge in [0, 0.05) is 16.9 Å². The molecule has 3 rings (SSSR count). The summed E-state index contributed by atoms with van der Waals surface area (Å²) in [5, 5.41) is 4.94. The number of aryl methyl sites for hydroxylation is 1. The molecule has 2 heterocycles. The van der Waals surface area contributed by atoms with Crippen LogP contribution in [0.3, 0.4) is 0 Å². The molecule has 0 saturated carbocycles. The summed E-state index contributed by atoms with van der Waals surface area (Å²) in [6.45, 7) is 3.72.